The van der Waals surface area contributed by atoms with E-state index in [1.165, 1.54) is 23.4 Å². The topological polar surface area (TPSA) is 64.7 Å². The Morgan fingerprint density at radius 2 is 2.00 bits per heavy atom. The van der Waals surface area contributed by atoms with Crippen LogP contribution >= 0.6 is 46.7 Å². The highest BCUT2D eigenvalue weighted by molar-refractivity contribution is 8.00. The molecule has 4 nitrogen and oxygen atoms in total. The highest BCUT2D eigenvalue weighted by Gasteiger charge is 2.33. The molecule has 23 heavy (non-hydrogen) atoms. The molecule has 0 fully saturated rings. The second kappa shape index (κ2) is 6.31. The second-order valence-electron chi connectivity index (χ2n) is 6.05. The van der Waals surface area contributed by atoms with Crippen molar-refractivity contribution in [2.24, 2.45) is 0 Å². The number of halogens is 2. The molecule has 0 aromatic carbocycles. The molecule has 0 saturated heterocycles. The van der Waals surface area contributed by atoms with Gasteiger partial charge in [0.05, 0.1) is 10.9 Å². The summed E-state index contributed by atoms with van der Waals surface area (Å²) in [6.07, 6.45) is 0. The van der Waals surface area contributed by atoms with E-state index >= 15 is 0 Å². The van der Waals surface area contributed by atoms with Gasteiger partial charge in [-0.3, -0.25) is 0 Å². The van der Waals surface area contributed by atoms with E-state index in [0.717, 1.165) is 16.3 Å². The minimum absolute atomic E-state index is 0.0390. The van der Waals surface area contributed by atoms with Gasteiger partial charge in [0.15, 0.2) is 5.16 Å². The van der Waals surface area contributed by atoms with Crippen LogP contribution in [0.4, 0.5) is 5.82 Å². The van der Waals surface area contributed by atoms with Crippen molar-refractivity contribution in [1.29, 1.82) is 0 Å². The number of hydrogen-bond acceptors (Lipinski definition) is 6. The van der Waals surface area contributed by atoms with Crippen LogP contribution in [0.15, 0.2) is 22.2 Å². The van der Waals surface area contributed by atoms with Gasteiger partial charge in [-0.2, -0.15) is 0 Å². The lowest BCUT2D eigenvalue weighted by Crippen LogP contribution is -2.16. The Morgan fingerprint density at radius 1 is 1.26 bits per heavy atom. The van der Waals surface area contributed by atoms with Crippen molar-refractivity contribution < 1.29 is 0 Å². The van der Waals surface area contributed by atoms with E-state index < -0.39 is 0 Å². The summed E-state index contributed by atoms with van der Waals surface area (Å²) in [7, 11) is 0. The first kappa shape index (κ1) is 17.1. The van der Waals surface area contributed by atoms with E-state index in [4.69, 9.17) is 28.9 Å². The molecule has 2 N–H and O–H groups in total. The molecule has 1 aliphatic heterocycles. The first-order chi connectivity index (χ1) is 10.8. The average molecular weight is 387 g/mol. The minimum atomic E-state index is 0.0390. The van der Waals surface area contributed by atoms with Crippen LogP contribution in [0.25, 0.3) is 0 Å². The normalized spacial score (nSPS) is 17.1. The zero-order chi connectivity index (χ0) is 16.8. The molecular formula is C15H16Cl2N4S2. The number of nitrogens with two attached hydrogens (primary N) is 1. The predicted octanol–water partition coefficient (Wildman–Crippen LogP) is 5.00. The van der Waals surface area contributed by atoms with Crippen molar-refractivity contribution in [3.8, 4) is 0 Å². The SMILES string of the molecule is CC(Sc1nc(N)cc(Cl)n1)c1cc2c(c(Cl)n1)SCC2(C)C. The maximum Gasteiger partial charge on any atom is 0.191 e. The summed E-state index contributed by atoms with van der Waals surface area (Å²) >= 11 is 15.6. The van der Waals surface area contributed by atoms with Crippen molar-refractivity contribution in [2.75, 3.05) is 11.5 Å². The third-order valence-electron chi connectivity index (χ3n) is 3.65. The lowest BCUT2D eigenvalue weighted by molar-refractivity contribution is 0.602. The van der Waals surface area contributed by atoms with Crippen molar-refractivity contribution >= 4 is 52.5 Å². The first-order valence-corrected chi connectivity index (χ1v) is 9.69. The van der Waals surface area contributed by atoms with Crippen LogP contribution in [-0.4, -0.2) is 20.7 Å². The van der Waals surface area contributed by atoms with Gasteiger partial charge in [-0.15, -0.1) is 11.8 Å². The van der Waals surface area contributed by atoms with E-state index in [1.807, 2.05) is 6.92 Å². The third kappa shape index (κ3) is 3.55. The fourth-order valence-electron chi connectivity index (χ4n) is 2.38. The minimum Gasteiger partial charge on any atom is -0.384 e. The molecular weight excluding hydrogens is 371 g/mol. The zero-order valence-corrected chi connectivity index (χ0v) is 16.1. The van der Waals surface area contributed by atoms with Crippen LogP contribution in [0.2, 0.25) is 10.3 Å². The number of thioether (sulfide) groups is 2. The van der Waals surface area contributed by atoms with Crippen LogP contribution in [0.3, 0.4) is 0 Å². The predicted molar refractivity (Wildman–Crippen MR) is 98.7 cm³/mol. The largest absolute Gasteiger partial charge is 0.384 e. The molecule has 2 aromatic rings. The van der Waals surface area contributed by atoms with Gasteiger partial charge in [-0.25, -0.2) is 15.0 Å². The number of nitrogen functional groups attached to an aromatic ring is 1. The molecule has 3 rings (SSSR count). The Hall–Kier alpha value is -0.690. The van der Waals surface area contributed by atoms with Crippen molar-refractivity contribution in [3.05, 3.63) is 33.7 Å². The molecule has 1 atom stereocenters. The van der Waals surface area contributed by atoms with Gasteiger partial charge in [0.1, 0.15) is 16.1 Å². The van der Waals surface area contributed by atoms with Gasteiger partial charge >= 0.3 is 0 Å². The van der Waals surface area contributed by atoms with Gasteiger partial charge in [0.2, 0.25) is 0 Å². The van der Waals surface area contributed by atoms with Gasteiger partial charge in [-0.1, -0.05) is 48.8 Å². The molecule has 8 heteroatoms. The smallest absolute Gasteiger partial charge is 0.191 e. The number of anilines is 1. The highest BCUT2D eigenvalue weighted by Crippen LogP contribution is 2.47. The van der Waals surface area contributed by atoms with Crippen molar-refractivity contribution in [3.63, 3.8) is 0 Å². The van der Waals surface area contributed by atoms with Crippen LogP contribution < -0.4 is 5.73 Å². The van der Waals surface area contributed by atoms with Crippen LogP contribution in [-0.2, 0) is 5.41 Å². The number of aromatic nitrogens is 3. The summed E-state index contributed by atoms with van der Waals surface area (Å²) < 4.78 is 0. The number of hydrogen-bond donors (Lipinski definition) is 1. The first-order valence-electron chi connectivity index (χ1n) is 7.07. The summed E-state index contributed by atoms with van der Waals surface area (Å²) in [4.78, 5) is 14.1. The molecule has 0 bridgehead atoms. The molecule has 0 saturated carbocycles. The fraction of sp³-hybridized carbons (Fsp3) is 0.400. The van der Waals surface area contributed by atoms with Crippen molar-refractivity contribution in [1.82, 2.24) is 15.0 Å². The third-order valence-corrected chi connectivity index (χ3v) is 6.79. The van der Waals surface area contributed by atoms with Gasteiger partial charge in [0.25, 0.3) is 0 Å². The summed E-state index contributed by atoms with van der Waals surface area (Å²) in [5.74, 6) is 1.38. The summed E-state index contributed by atoms with van der Waals surface area (Å²) in [5, 5.41) is 1.49. The Morgan fingerprint density at radius 3 is 2.70 bits per heavy atom. The standard InChI is InChI=1S/C15H16Cl2N4S2/c1-7(23-14-20-10(16)5-11(18)21-14)9-4-8-12(13(17)19-9)22-6-15(8,2)3/h4-5,7H,6H2,1-3H3,(H2,18,20,21). The Labute approximate surface area is 154 Å². The van der Waals surface area contributed by atoms with E-state index in [1.54, 1.807) is 11.8 Å². The molecule has 1 aliphatic rings. The number of nitrogens with zero attached hydrogens (tertiary/aromatic N) is 3. The molecule has 0 spiro atoms. The number of pyridine rings is 1. The maximum atomic E-state index is 6.39. The Balaban J connectivity index is 1.91. The van der Waals surface area contributed by atoms with E-state index in [-0.39, 0.29) is 10.7 Å². The van der Waals surface area contributed by atoms with E-state index in [0.29, 0.717) is 21.3 Å². The second-order valence-corrected chi connectivity index (χ2v) is 9.08. The average Bonchev–Trinajstić information content (AvgIpc) is 2.74. The quantitative estimate of drug-likeness (QED) is 0.346. The Kier molecular flexibility index (Phi) is 4.71. The van der Waals surface area contributed by atoms with Crippen LogP contribution in [0.1, 0.15) is 37.3 Å². The molecule has 2 aromatic heterocycles. The summed E-state index contributed by atoms with van der Waals surface area (Å²) in [6.45, 7) is 6.50. The lowest BCUT2D eigenvalue weighted by Gasteiger charge is -2.20. The Bertz CT molecular complexity index is 747. The maximum absolute atomic E-state index is 6.39. The molecule has 1 unspecified atom stereocenters. The molecule has 122 valence electrons. The lowest BCUT2D eigenvalue weighted by atomic mass is 9.87. The molecule has 0 amide bonds. The monoisotopic (exact) mass is 386 g/mol. The number of rotatable bonds is 3. The molecule has 0 aliphatic carbocycles. The van der Waals surface area contributed by atoms with Gasteiger partial charge in [0, 0.05) is 22.1 Å². The molecule has 0 radical (unpaired) electrons. The van der Waals surface area contributed by atoms with E-state index in [2.05, 4.69) is 34.9 Å². The van der Waals surface area contributed by atoms with Crippen LogP contribution in [0.5, 0.6) is 0 Å². The zero-order valence-electron chi connectivity index (χ0n) is 12.9. The summed E-state index contributed by atoms with van der Waals surface area (Å²) in [5.41, 5.74) is 7.99. The number of fused-ring (bicyclic) bond motifs is 1. The highest BCUT2D eigenvalue weighted by atomic mass is 35.5. The van der Waals surface area contributed by atoms with Gasteiger partial charge < -0.3 is 5.73 Å². The molecule has 3 heterocycles. The summed E-state index contributed by atoms with van der Waals surface area (Å²) in [6, 6.07) is 3.67. The van der Waals surface area contributed by atoms with Crippen molar-refractivity contribution in [2.45, 2.75) is 41.5 Å². The van der Waals surface area contributed by atoms with Gasteiger partial charge in [-0.05, 0) is 18.6 Å². The van der Waals surface area contributed by atoms with Crippen LogP contribution in [0, 0.1) is 0 Å². The van der Waals surface area contributed by atoms with E-state index in [9.17, 15) is 0 Å². The fourth-order valence-corrected chi connectivity index (χ4v) is 5.17.